The average molecular weight is 811 g/mol. The summed E-state index contributed by atoms with van der Waals surface area (Å²) in [5.41, 5.74) is -3.81. The van der Waals surface area contributed by atoms with E-state index in [4.69, 9.17) is 0 Å². The SMILES string of the molecule is Oc1c(-c2ccc(C(F)(F)F)cc2)c2ccc3c(-c4ccc(C(F)(F)F)cc4)c(O)c(-c4ccc(C(F)(F)F)cc4)c4ccc(c1-c1ccc(C(F)(F)F)cc1)c2c34. The van der Waals surface area contributed by atoms with Crippen molar-refractivity contribution in [3.63, 3.8) is 0 Å². The quantitative estimate of drug-likeness (QED) is 0.137. The summed E-state index contributed by atoms with van der Waals surface area (Å²) in [7, 11) is 0. The van der Waals surface area contributed by atoms with Crippen molar-refractivity contribution >= 4 is 32.3 Å². The standard InChI is InChI=1S/C44H22F12O2/c45-41(46,47)25-9-1-21(2-10-25)33-29-17-18-31-35(23-5-13-27(14-6-23)43(51,52)53)40(58)36(24-7-15-28(16-8-24)44(54,55)56)32-20-19-30(37(29)38(31)32)34(39(33)57)22-3-11-26(12-4-22)42(48,49)50/h1-20,57-58H. The van der Waals surface area contributed by atoms with Crippen LogP contribution in [0.15, 0.2) is 121 Å². The molecule has 14 heteroatoms. The maximum Gasteiger partial charge on any atom is 0.416 e. The van der Waals surface area contributed by atoms with Crippen molar-refractivity contribution in [1.29, 1.82) is 0 Å². The molecule has 0 aliphatic rings. The first-order valence-electron chi connectivity index (χ1n) is 17.1. The van der Waals surface area contributed by atoms with E-state index in [0.717, 1.165) is 97.1 Å². The number of hydrogen-bond acceptors (Lipinski definition) is 2. The normalized spacial score (nSPS) is 13.0. The van der Waals surface area contributed by atoms with E-state index < -0.39 is 58.5 Å². The lowest BCUT2D eigenvalue weighted by Gasteiger charge is -2.24. The molecule has 0 radical (unpaired) electrons. The van der Waals surface area contributed by atoms with Crippen molar-refractivity contribution in [2.75, 3.05) is 0 Å². The summed E-state index contributed by atoms with van der Waals surface area (Å²) in [5, 5.41) is 25.5. The predicted molar refractivity (Wildman–Crippen MR) is 195 cm³/mol. The molecule has 0 spiro atoms. The molecule has 0 saturated heterocycles. The van der Waals surface area contributed by atoms with Gasteiger partial charge in [-0.05, 0) is 103 Å². The number of phenols is 2. The molecule has 0 saturated carbocycles. The second-order valence-electron chi connectivity index (χ2n) is 13.6. The van der Waals surface area contributed by atoms with Gasteiger partial charge < -0.3 is 10.2 Å². The first-order chi connectivity index (χ1) is 27.1. The van der Waals surface area contributed by atoms with Crippen LogP contribution in [0.4, 0.5) is 52.7 Å². The highest BCUT2D eigenvalue weighted by Crippen LogP contribution is 2.55. The summed E-state index contributed by atoms with van der Waals surface area (Å²) in [6, 6.07) is 21.1. The fourth-order valence-corrected chi connectivity index (χ4v) is 7.56. The number of phenolic OH excluding ortho intramolecular Hbond substituents is 2. The molecule has 0 bridgehead atoms. The van der Waals surface area contributed by atoms with Crippen LogP contribution in [0.25, 0.3) is 76.8 Å². The zero-order chi connectivity index (χ0) is 41.7. The highest BCUT2D eigenvalue weighted by atomic mass is 19.4. The van der Waals surface area contributed by atoms with Crippen molar-refractivity contribution in [3.05, 3.63) is 144 Å². The van der Waals surface area contributed by atoms with Crippen LogP contribution in [0.2, 0.25) is 0 Å². The van der Waals surface area contributed by atoms with Gasteiger partial charge in [-0.1, -0.05) is 72.8 Å². The molecule has 8 aromatic rings. The minimum atomic E-state index is -4.72. The van der Waals surface area contributed by atoms with Crippen molar-refractivity contribution in [2.45, 2.75) is 24.7 Å². The second-order valence-corrected chi connectivity index (χ2v) is 13.6. The van der Waals surface area contributed by atoms with Gasteiger partial charge in [0.2, 0.25) is 0 Å². The predicted octanol–water partition coefficient (Wildman–Crippen LogP) is 14.7. The molecule has 0 fully saturated rings. The Balaban J connectivity index is 1.53. The molecule has 0 aromatic heterocycles. The van der Waals surface area contributed by atoms with Gasteiger partial charge in [0.15, 0.2) is 0 Å². The maximum atomic E-state index is 13.6. The third kappa shape index (κ3) is 6.36. The third-order valence-corrected chi connectivity index (χ3v) is 10.2. The number of halogens is 12. The Morgan fingerprint density at radius 3 is 0.586 bits per heavy atom. The highest BCUT2D eigenvalue weighted by Gasteiger charge is 2.34. The summed E-state index contributed by atoms with van der Waals surface area (Å²) >= 11 is 0. The van der Waals surface area contributed by atoms with Gasteiger partial charge in [-0.25, -0.2) is 0 Å². The van der Waals surface area contributed by atoms with Crippen LogP contribution in [0.3, 0.4) is 0 Å². The zero-order valence-corrected chi connectivity index (χ0v) is 29.0. The van der Waals surface area contributed by atoms with Gasteiger partial charge in [-0.3, -0.25) is 0 Å². The van der Waals surface area contributed by atoms with Gasteiger partial charge in [0.1, 0.15) is 11.5 Å². The summed E-state index contributed by atoms with van der Waals surface area (Å²) in [6.45, 7) is 0. The lowest BCUT2D eigenvalue weighted by molar-refractivity contribution is -0.138. The minimum Gasteiger partial charge on any atom is -0.507 e. The van der Waals surface area contributed by atoms with Crippen molar-refractivity contribution in [3.8, 4) is 56.0 Å². The van der Waals surface area contributed by atoms with Crippen LogP contribution in [0.1, 0.15) is 22.3 Å². The Morgan fingerprint density at radius 2 is 0.431 bits per heavy atom. The van der Waals surface area contributed by atoms with E-state index in [2.05, 4.69) is 0 Å². The first kappa shape index (κ1) is 38.4. The number of rotatable bonds is 4. The first-order valence-corrected chi connectivity index (χ1v) is 17.1. The van der Waals surface area contributed by atoms with E-state index in [1.165, 1.54) is 24.3 Å². The van der Waals surface area contributed by atoms with E-state index >= 15 is 0 Å². The van der Waals surface area contributed by atoms with E-state index in [1.54, 1.807) is 0 Å². The van der Waals surface area contributed by atoms with Gasteiger partial charge in [0.05, 0.1) is 22.3 Å². The monoisotopic (exact) mass is 810 g/mol. The summed E-state index contributed by atoms with van der Waals surface area (Å²) < 4.78 is 163. The van der Waals surface area contributed by atoms with Crippen LogP contribution < -0.4 is 0 Å². The van der Waals surface area contributed by atoms with Crippen molar-refractivity contribution < 1.29 is 62.9 Å². The molecule has 2 nitrogen and oxygen atoms in total. The van der Waals surface area contributed by atoms with E-state index in [0.29, 0.717) is 0 Å². The minimum absolute atomic E-state index is 0.0224. The Bertz CT molecular complexity index is 2460. The average Bonchev–Trinajstić information content (AvgIpc) is 3.15. The van der Waals surface area contributed by atoms with E-state index in [1.807, 2.05) is 0 Å². The Labute approximate surface area is 319 Å². The van der Waals surface area contributed by atoms with E-state index in [9.17, 15) is 62.9 Å². The van der Waals surface area contributed by atoms with Crippen molar-refractivity contribution in [1.82, 2.24) is 0 Å². The van der Waals surface area contributed by atoms with Crippen LogP contribution >= 0.6 is 0 Å². The molecule has 0 amide bonds. The molecular formula is C44H22F12O2. The Kier molecular flexibility index (Phi) is 8.65. The zero-order valence-electron chi connectivity index (χ0n) is 29.0. The summed E-state index contributed by atoms with van der Waals surface area (Å²) in [4.78, 5) is 0. The van der Waals surface area contributed by atoms with Gasteiger partial charge in [0, 0.05) is 22.3 Å². The number of benzene rings is 8. The molecule has 0 aliphatic heterocycles. The molecule has 8 aromatic carbocycles. The maximum absolute atomic E-state index is 13.6. The fourth-order valence-electron chi connectivity index (χ4n) is 7.56. The van der Waals surface area contributed by atoms with Gasteiger partial charge in [0.25, 0.3) is 0 Å². The van der Waals surface area contributed by atoms with Gasteiger partial charge in [-0.2, -0.15) is 52.7 Å². The van der Waals surface area contributed by atoms with Crippen molar-refractivity contribution in [2.24, 2.45) is 0 Å². The molecular weight excluding hydrogens is 788 g/mol. The van der Waals surface area contributed by atoms with Crippen LogP contribution in [-0.4, -0.2) is 10.2 Å². The van der Waals surface area contributed by atoms with Crippen LogP contribution in [0.5, 0.6) is 11.5 Å². The molecule has 0 atom stereocenters. The largest absolute Gasteiger partial charge is 0.507 e. The number of alkyl halides is 12. The molecule has 0 aliphatic carbocycles. The Hall–Kier alpha value is -6.44. The number of hydrogen-bond donors (Lipinski definition) is 2. The van der Waals surface area contributed by atoms with Crippen LogP contribution in [-0.2, 0) is 24.7 Å². The summed E-state index contributed by atoms with van der Waals surface area (Å²) in [6.07, 6.45) is -18.9. The lowest BCUT2D eigenvalue weighted by atomic mass is 9.80. The molecule has 2 N–H and O–H groups in total. The Morgan fingerprint density at radius 1 is 0.259 bits per heavy atom. The molecule has 294 valence electrons. The van der Waals surface area contributed by atoms with Crippen LogP contribution in [0, 0.1) is 0 Å². The summed E-state index contributed by atoms with van der Waals surface area (Å²) in [5.74, 6) is -1.00. The van der Waals surface area contributed by atoms with Gasteiger partial charge >= 0.3 is 24.7 Å². The molecule has 0 heterocycles. The smallest absolute Gasteiger partial charge is 0.416 e. The van der Waals surface area contributed by atoms with E-state index in [-0.39, 0.29) is 76.8 Å². The molecule has 0 unspecified atom stereocenters. The number of aromatic hydroxyl groups is 2. The lowest BCUT2D eigenvalue weighted by Crippen LogP contribution is -2.04. The highest BCUT2D eigenvalue weighted by molar-refractivity contribution is 6.33. The topological polar surface area (TPSA) is 40.5 Å². The molecule has 8 rings (SSSR count). The third-order valence-electron chi connectivity index (χ3n) is 10.2. The second kappa shape index (κ2) is 13.0. The fraction of sp³-hybridized carbons (Fsp3) is 0.0909. The molecule has 58 heavy (non-hydrogen) atoms. The van der Waals surface area contributed by atoms with Gasteiger partial charge in [-0.15, -0.1) is 0 Å².